The van der Waals surface area contributed by atoms with E-state index in [2.05, 4.69) is 52.1 Å². The Morgan fingerprint density at radius 3 is 2.88 bits per heavy atom. The van der Waals surface area contributed by atoms with Gasteiger partial charge in [-0.05, 0) is 24.6 Å². The molecule has 4 rings (SSSR count). The lowest BCUT2D eigenvalue weighted by Crippen LogP contribution is -2.24. The number of hydrogen-bond acceptors (Lipinski definition) is 6. The Labute approximate surface area is 158 Å². The van der Waals surface area contributed by atoms with E-state index in [1.807, 2.05) is 10.5 Å². The highest BCUT2D eigenvalue weighted by atomic mass is 32.2. The van der Waals surface area contributed by atoms with Crippen LogP contribution < -0.4 is 5.32 Å². The summed E-state index contributed by atoms with van der Waals surface area (Å²) in [5.41, 5.74) is 3.35. The molecule has 0 atom stereocenters. The number of furan rings is 1. The molecule has 1 aromatic carbocycles. The maximum absolute atomic E-state index is 12.1. The lowest BCUT2D eigenvalue weighted by molar-refractivity contribution is -0.118. The monoisotopic (exact) mass is 384 g/mol. The molecule has 0 spiro atoms. The predicted molar refractivity (Wildman–Crippen MR) is 102 cm³/mol. The molecular weight excluding hydrogens is 368 g/mol. The second-order valence-corrected chi connectivity index (χ2v) is 7.51. The number of rotatable bonds is 6. The highest BCUT2D eigenvalue weighted by Gasteiger charge is 2.15. The number of thiazole rings is 1. The van der Waals surface area contributed by atoms with Crippen molar-refractivity contribution in [1.29, 1.82) is 0 Å². The Balaban J connectivity index is 1.47. The van der Waals surface area contributed by atoms with Crippen molar-refractivity contribution in [2.24, 2.45) is 0 Å². The number of benzene rings is 1. The van der Waals surface area contributed by atoms with Crippen molar-refractivity contribution in [3.8, 4) is 11.3 Å². The Morgan fingerprint density at radius 1 is 1.27 bits per heavy atom. The minimum atomic E-state index is -0.0738. The average Bonchev–Trinajstić information content (AvgIpc) is 3.37. The fourth-order valence-corrected chi connectivity index (χ4v) is 4.16. The molecule has 6 nitrogen and oxygen atoms in total. The van der Waals surface area contributed by atoms with Crippen molar-refractivity contribution in [3.63, 3.8) is 0 Å². The molecule has 0 fully saturated rings. The van der Waals surface area contributed by atoms with E-state index in [1.54, 1.807) is 12.3 Å². The second kappa shape index (κ2) is 7.35. The number of aryl methyl sites for hydroxylation is 1. The molecule has 26 heavy (non-hydrogen) atoms. The zero-order valence-electron chi connectivity index (χ0n) is 14.0. The van der Waals surface area contributed by atoms with Crippen molar-refractivity contribution in [3.05, 3.63) is 59.4 Å². The molecule has 0 aliphatic carbocycles. The molecule has 4 aromatic rings. The van der Waals surface area contributed by atoms with Crippen LogP contribution in [0.1, 0.15) is 11.3 Å². The summed E-state index contributed by atoms with van der Waals surface area (Å²) in [4.78, 5) is 12.9. The molecule has 132 valence electrons. The third-order valence-corrected chi connectivity index (χ3v) is 5.59. The van der Waals surface area contributed by atoms with Gasteiger partial charge in [-0.25, -0.2) is 0 Å². The number of carbonyl (C=O) groups is 1. The van der Waals surface area contributed by atoms with E-state index in [9.17, 15) is 4.79 Å². The minimum Gasteiger partial charge on any atom is -0.467 e. The number of hydrogen-bond donors (Lipinski definition) is 1. The number of thioether (sulfide) groups is 1. The standard InChI is InChI=1S/C18H16N4O2S2/c1-12-4-6-13(7-5-12)15-10-25-17-20-21-18(22(15)17)26-11-16(23)19-9-14-3-2-8-24-14/h2-8,10H,9,11H2,1H3,(H,19,23). The lowest BCUT2D eigenvalue weighted by Gasteiger charge is -2.04. The first-order valence-electron chi connectivity index (χ1n) is 8.02. The number of nitrogens with zero attached hydrogens (tertiary/aromatic N) is 3. The molecule has 3 aromatic heterocycles. The lowest BCUT2D eigenvalue weighted by atomic mass is 10.1. The van der Waals surface area contributed by atoms with Crippen molar-refractivity contribution in [1.82, 2.24) is 19.9 Å². The van der Waals surface area contributed by atoms with Gasteiger partial charge in [0.15, 0.2) is 5.16 Å². The summed E-state index contributed by atoms with van der Waals surface area (Å²) in [6.07, 6.45) is 1.59. The molecule has 1 N–H and O–H groups in total. The summed E-state index contributed by atoms with van der Waals surface area (Å²) in [6.45, 7) is 2.45. The number of aromatic nitrogens is 3. The van der Waals surface area contributed by atoms with Gasteiger partial charge < -0.3 is 9.73 Å². The van der Waals surface area contributed by atoms with Crippen molar-refractivity contribution < 1.29 is 9.21 Å². The van der Waals surface area contributed by atoms with E-state index in [-0.39, 0.29) is 11.7 Å². The van der Waals surface area contributed by atoms with Crippen molar-refractivity contribution in [2.75, 3.05) is 5.75 Å². The van der Waals surface area contributed by atoms with Crippen LogP contribution in [0.4, 0.5) is 0 Å². The van der Waals surface area contributed by atoms with Crippen LogP contribution in [0.3, 0.4) is 0 Å². The van der Waals surface area contributed by atoms with Crippen LogP contribution in [-0.2, 0) is 11.3 Å². The summed E-state index contributed by atoms with van der Waals surface area (Å²) in [6, 6.07) is 12.0. The largest absolute Gasteiger partial charge is 0.467 e. The first-order valence-corrected chi connectivity index (χ1v) is 9.89. The zero-order valence-corrected chi connectivity index (χ0v) is 15.6. The van der Waals surface area contributed by atoms with Gasteiger partial charge in [0, 0.05) is 5.38 Å². The van der Waals surface area contributed by atoms with Crippen LogP contribution in [0, 0.1) is 6.92 Å². The van der Waals surface area contributed by atoms with Crippen LogP contribution in [0.25, 0.3) is 16.2 Å². The first kappa shape index (κ1) is 16.9. The Bertz CT molecular complexity index is 1020. The smallest absolute Gasteiger partial charge is 0.230 e. The summed E-state index contributed by atoms with van der Waals surface area (Å²) < 4.78 is 7.21. The highest BCUT2D eigenvalue weighted by molar-refractivity contribution is 7.99. The van der Waals surface area contributed by atoms with Crippen molar-refractivity contribution in [2.45, 2.75) is 18.6 Å². The van der Waals surface area contributed by atoms with Gasteiger partial charge in [-0.2, -0.15) is 0 Å². The van der Waals surface area contributed by atoms with Gasteiger partial charge >= 0.3 is 0 Å². The van der Waals surface area contributed by atoms with Crippen LogP contribution in [0.15, 0.2) is 57.6 Å². The van der Waals surface area contributed by atoms with Crippen LogP contribution in [-0.4, -0.2) is 26.3 Å². The molecule has 0 aliphatic rings. The maximum Gasteiger partial charge on any atom is 0.230 e. The molecule has 1 amide bonds. The third-order valence-electron chi connectivity index (χ3n) is 3.84. The van der Waals surface area contributed by atoms with E-state index < -0.39 is 0 Å². The van der Waals surface area contributed by atoms with Crippen LogP contribution in [0.2, 0.25) is 0 Å². The Morgan fingerprint density at radius 2 is 2.12 bits per heavy atom. The Hall–Kier alpha value is -2.58. The van der Waals surface area contributed by atoms with Gasteiger partial charge in [-0.3, -0.25) is 9.20 Å². The van der Waals surface area contributed by atoms with E-state index >= 15 is 0 Å². The number of amides is 1. The highest BCUT2D eigenvalue weighted by Crippen LogP contribution is 2.30. The molecule has 0 bridgehead atoms. The van der Waals surface area contributed by atoms with Crippen LogP contribution in [0.5, 0.6) is 0 Å². The summed E-state index contributed by atoms with van der Waals surface area (Å²) in [7, 11) is 0. The molecule has 0 saturated carbocycles. The third kappa shape index (κ3) is 3.51. The van der Waals surface area contributed by atoms with E-state index in [1.165, 1.54) is 28.7 Å². The van der Waals surface area contributed by atoms with E-state index in [0.717, 1.165) is 22.0 Å². The zero-order chi connectivity index (χ0) is 17.9. The number of fused-ring (bicyclic) bond motifs is 1. The fourth-order valence-electron chi connectivity index (χ4n) is 2.50. The molecule has 0 unspecified atom stereocenters. The van der Waals surface area contributed by atoms with E-state index in [0.29, 0.717) is 11.7 Å². The molecule has 0 saturated heterocycles. The SMILES string of the molecule is Cc1ccc(-c2csc3nnc(SCC(=O)NCc4ccco4)n23)cc1. The topological polar surface area (TPSA) is 72.4 Å². The van der Waals surface area contributed by atoms with Gasteiger partial charge in [-0.1, -0.05) is 41.6 Å². The molecular formula is C18H16N4O2S2. The maximum atomic E-state index is 12.1. The normalized spacial score (nSPS) is 11.1. The summed E-state index contributed by atoms with van der Waals surface area (Å²) in [5.74, 6) is 0.924. The van der Waals surface area contributed by atoms with Gasteiger partial charge in [0.25, 0.3) is 0 Å². The molecule has 3 heterocycles. The molecule has 8 heteroatoms. The minimum absolute atomic E-state index is 0.0738. The fraction of sp³-hybridized carbons (Fsp3) is 0.167. The van der Waals surface area contributed by atoms with E-state index in [4.69, 9.17) is 4.42 Å². The first-order chi connectivity index (χ1) is 12.7. The molecule has 0 aliphatic heterocycles. The Kier molecular flexibility index (Phi) is 4.77. The summed E-state index contributed by atoms with van der Waals surface area (Å²) in [5, 5.41) is 14.1. The van der Waals surface area contributed by atoms with Crippen molar-refractivity contribution >= 4 is 34.0 Å². The van der Waals surface area contributed by atoms with Gasteiger partial charge in [-0.15, -0.1) is 21.5 Å². The average molecular weight is 384 g/mol. The van der Waals surface area contributed by atoms with Gasteiger partial charge in [0.05, 0.1) is 24.3 Å². The number of carbonyl (C=O) groups excluding carboxylic acids is 1. The quantitative estimate of drug-likeness (QED) is 0.512. The predicted octanol–water partition coefficient (Wildman–Crippen LogP) is 3.77. The number of nitrogens with one attached hydrogen (secondary N) is 1. The van der Waals surface area contributed by atoms with Gasteiger partial charge in [0.1, 0.15) is 5.76 Å². The summed E-state index contributed by atoms with van der Waals surface area (Å²) >= 11 is 2.91. The molecule has 0 radical (unpaired) electrons. The van der Waals surface area contributed by atoms with Crippen LogP contribution >= 0.6 is 23.1 Å². The second-order valence-electron chi connectivity index (χ2n) is 5.73. The van der Waals surface area contributed by atoms with Gasteiger partial charge in [0.2, 0.25) is 10.9 Å².